The summed E-state index contributed by atoms with van der Waals surface area (Å²) < 4.78 is 25.4. The average molecular weight is 268 g/mol. The fourth-order valence-corrected chi connectivity index (χ4v) is 2.02. The second-order valence-electron chi connectivity index (χ2n) is 4.49. The summed E-state index contributed by atoms with van der Waals surface area (Å²) >= 11 is 0. The summed E-state index contributed by atoms with van der Waals surface area (Å²) in [5.41, 5.74) is 0.897. The number of halogens is 2. The zero-order chi connectivity index (χ0) is 14.0. The molecule has 0 aromatic heterocycles. The number of rotatable bonds is 3. The van der Waals surface area contributed by atoms with E-state index in [4.69, 9.17) is 0 Å². The van der Waals surface area contributed by atoms with Crippen molar-refractivity contribution in [2.24, 2.45) is 0 Å². The Bertz CT molecular complexity index is 519. The van der Waals surface area contributed by atoms with Crippen molar-refractivity contribution in [1.29, 1.82) is 0 Å². The first-order valence-electron chi connectivity index (χ1n) is 5.95. The third-order valence-corrected chi connectivity index (χ3v) is 3.09. The number of hydrogen-bond donors (Lipinski definition) is 2. The molecule has 6 heteroatoms. The van der Waals surface area contributed by atoms with Gasteiger partial charge in [0.2, 0.25) is 11.8 Å². The first kappa shape index (κ1) is 13.5. The summed E-state index contributed by atoms with van der Waals surface area (Å²) in [5.74, 6) is -1.21. The lowest BCUT2D eigenvalue weighted by molar-refractivity contribution is -0.137. The summed E-state index contributed by atoms with van der Waals surface area (Å²) in [5, 5.41) is 4.99. The van der Waals surface area contributed by atoms with E-state index in [2.05, 4.69) is 10.6 Å². The molecule has 4 nitrogen and oxygen atoms in total. The Morgan fingerprint density at radius 1 is 1.21 bits per heavy atom. The van der Waals surface area contributed by atoms with E-state index in [0.29, 0.717) is 11.1 Å². The standard InChI is InChI=1S/C13H14F2N2O2/c1-7-6-8(2-3-9(7)15)11-13(19)16-10(4-5-14)12(18)17-11/h2-3,6,10-11H,4-5H2,1H3,(H,16,19)(H,17,18). The first-order chi connectivity index (χ1) is 9.02. The zero-order valence-electron chi connectivity index (χ0n) is 10.4. The quantitative estimate of drug-likeness (QED) is 0.864. The highest BCUT2D eigenvalue weighted by molar-refractivity contribution is 5.97. The fourth-order valence-electron chi connectivity index (χ4n) is 2.02. The van der Waals surface area contributed by atoms with Crippen molar-refractivity contribution in [3.05, 3.63) is 35.1 Å². The molecule has 0 radical (unpaired) electrons. The van der Waals surface area contributed by atoms with E-state index in [9.17, 15) is 18.4 Å². The van der Waals surface area contributed by atoms with Crippen LogP contribution >= 0.6 is 0 Å². The van der Waals surface area contributed by atoms with Crippen LogP contribution in [0.5, 0.6) is 0 Å². The van der Waals surface area contributed by atoms with Gasteiger partial charge in [-0.2, -0.15) is 0 Å². The molecule has 2 amide bonds. The lowest BCUT2D eigenvalue weighted by atomic mass is 9.99. The van der Waals surface area contributed by atoms with E-state index in [1.807, 2.05) is 0 Å². The number of carbonyl (C=O) groups excluding carboxylic acids is 2. The monoisotopic (exact) mass is 268 g/mol. The molecular weight excluding hydrogens is 254 g/mol. The minimum absolute atomic E-state index is 0.0489. The summed E-state index contributed by atoms with van der Waals surface area (Å²) in [6.45, 7) is 0.895. The molecule has 19 heavy (non-hydrogen) atoms. The lowest BCUT2D eigenvalue weighted by Gasteiger charge is -2.29. The van der Waals surface area contributed by atoms with E-state index in [-0.39, 0.29) is 12.2 Å². The predicted molar refractivity (Wildman–Crippen MR) is 64.5 cm³/mol. The van der Waals surface area contributed by atoms with Crippen LogP contribution in [-0.2, 0) is 9.59 Å². The molecule has 1 heterocycles. The minimum Gasteiger partial charge on any atom is -0.342 e. The molecule has 0 bridgehead atoms. The smallest absolute Gasteiger partial charge is 0.247 e. The van der Waals surface area contributed by atoms with E-state index >= 15 is 0 Å². The summed E-state index contributed by atoms with van der Waals surface area (Å²) in [6.07, 6.45) is -0.0489. The van der Waals surface area contributed by atoms with Crippen molar-refractivity contribution in [3.63, 3.8) is 0 Å². The molecule has 2 rings (SSSR count). The van der Waals surface area contributed by atoms with Gasteiger partial charge in [-0.15, -0.1) is 0 Å². The number of benzene rings is 1. The van der Waals surface area contributed by atoms with Crippen molar-refractivity contribution >= 4 is 11.8 Å². The third kappa shape index (κ3) is 2.72. The number of alkyl halides is 1. The second-order valence-corrected chi connectivity index (χ2v) is 4.49. The van der Waals surface area contributed by atoms with Gasteiger partial charge >= 0.3 is 0 Å². The largest absolute Gasteiger partial charge is 0.342 e. The van der Waals surface area contributed by atoms with Crippen molar-refractivity contribution in [1.82, 2.24) is 10.6 Å². The van der Waals surface area contributed by atoms with Gasteiger partial charge < -0.3 is 10.6 Å². The normalized spacial score (nSPS) is 22.9. The zero-order valence-corrected chi connectivity index (χ0v) is 10.4. The molecule has 1 aromatic rings. The maximum atomic E-state index is 13.2. The average Bonchev–Trinajstić information content (AvgIpc) is 2.37. The molecule has 0 aliphatic carbocycles. The lowest BCUT2D eigenvalue weighted by Crippen LogP contribution is -2.57. The number of amides is 2. The van der Waals surface area contributed by atoms with Crippen LogP contribution in [0.1, 0.15) is 23.6 Å². The Balaban J connectivity index is 2.20. The molecule has 2 unspecified atom stereocenters. The highest BCUT2D eigenvalue weighted by Gasteiger charge is 2.34. The van der Waals surface area contributed by atoms with Gasteiger partial charge in [-0.3, -0.25) is 14.0 Å². The van der Waals surface area contributed by atoms with Crippen LogP contribution < -0.4 is 10.6 Å². The number of carbonyl (C=O) groups is 2. The van der Waals surface area contributed by atoms with Crippen LogP contribution in [0, 0.1) is 12.7 Å². The molecule has 0 saturated carbocycles. The maximum absolute atomic E-state index is 13.2. The Labute approximate surface area is 109 Å². The third-order valence-electron chi connectivity index (χ3n) is 3.09. The molecular formula is C13H14F2N2O2. The van der Waals surface area contributed by atoms with Crippen molar-refractivity contribution in [2.45, 2.75) is 25.4 Å². The van der Waals surface area contributed by atoms with Crippen LogP contribution in [0.4, 0.5) is 8.78 Å². The van der Waals surface area contributed by atoms with E-state index in [1.165, 1.54) is 18.2 Å². The number of aryl methyl sites for hydroxylation is 1. The van der Waals surface area contributed by atoms with Crippen molar-refractivity contribution < 1.29 is 18.4 Å². The maximum Gasteiger partial charge on any atom is 0.247 e. The van der Waals surface area contributed by atoms with E-state index < -0.39 is 30.6 Å². The van der Waals surface area contributed by atoms with E-state index in [1.54, 1.807) is 6.92 Å². The molecule has 0 spiro atoms. The molecule has 1 saturated heterocycles. The second kappa shape index (κ2) is 5.34. The van der Waals surface area contributed by atoms with Gasteiger partial charge in [0.05, 0.1) is 6.67 Å². The van der Waals surface area contributed by atoms with Crippen LogP contribution in [0.15, 0.2) is 18.2 Å². The highest BCUT2D eigenvalue weighted by Crippen LogP contribution is 2.20. The Morgan fingerprint density at radius 3 is 2.58 bits per heavy atom. The molecule has 1 fully saturated rings. The highest BCUT2D eigenvalue weighted by atomic mass is 19.1. The molecule has 1 aromatic carbocycles. The van der Waals surface area contributed by atoms with Gasteiger partial charge in [-0.1, -0.05) is 12.1 Å². The van der Waals surface area contributed by atoms with Gasteiger partial charge in [0, 0.05) is 6.42 Å². The first-order valence-corrected chi connectivity index (χ1v) is 5.95. The van der Waals surface area contributed by atoms with Crippen molar-refractivity contribution in [2.75, 3.05) is 6.67 Å². The van der Waals surface area contributed by atoms with Crippen molar-refractivity contribution in [3.8, 4) is 0 Å². The fraction of sp³-hybridized carbons (Fsp3) is 0.385. The van der Waals surface area contributed by atoms with Gasteiger partial charge in [0.25, 0.3) is 0 Å². The van der Waals surface area contributed by atoms with Gasteiger partial charge in [0.15, 0.2) is 0 Å². The summed E-state index contributed by atoms with van der Waals surface area (Å²) in [6, 6.07) is 2.51. The SMILES string of the molecule is Cc1cc(C2NC(=O)C(CCF)NC2=O)ccc1F. The van der Waals surface area contributed by atoms with Gasteiger partial charge in [-0.25, -0.2) is 4.39 Å². The Kier molecular flexibility index (Phi) is 3.78. The van der Waals surface area contributed by atoms with Crippen LogP contribution in [0.2, 0.25) is 0 Å². The van der Waals surface area contributed by atoms with Gasteiger partial charge in [-0.05, 0) is 24.1 Å². The number of piperazine rings is 1. The summed E-state index contributed by atoms with van der Waals surface area (Å²) in [4.78, 5) is 23.6. The van der Waals surface area contributed by atoms with E-state index in [0.717, 1.165) is 0 Å². The number of hydrogen-bond acceptors (Lipinski definition) is 2. The molecule has 102 valence electrons. The van der Waals surface area contributed by atoms with Crippen LogP contribution in [0.3, 0.4) is 0 Å². The Morgan fingerprint density at radius 2 is 1.95 bits per heavy atom. The van der Waals surface area contributed by atoms with Gasteiger partial charge in [0.1, 0.15) is 17.9 Å². The number of nitrogens with one attached hydrogen (secondary N) is 2. The van der Waals surface area contributed by atoms with Crippen LogP contribution in [0.25, 0.3) is 0 Å². The molecule has 2 atom stereocenters. The minimum atomic E-state index is -0.859. The molecule has 2 N–H and O–H groups in total. The van der Waals surface area contributed by atoms with Crippen LogP contribution in [-0.4, -0.2) is 24.5 Å². The molecule has 1 aliphatic rings. The summed E-state index contributed by atoms with van der Waals surface area (Å²) in [7, 11) is 0. The predicted octanol–water partition coefficient (Wildman–Crippen LogP) is 1.15. The molecule has 1 aliphatic heterocycles. The topological polar surface area (TPSA) is 58.2 Å². The Hall–Kier alpha value is -1.98.